The Morgan fingerprint density at radius 2 is 2.12 bits per heavy atom. The van der Waals surface area contributed by atoms with Gasteiger partial charge in [-0.25, -0.2) is 4.79 Å². The van der Waals surface area contributed by atoms with E-state index in [0.717, 1.165) is 25.2 Å². The van der Waals surface area contributed by atoms with Gasteiger partial charge < -0.3 is 15.7 Å². The summed E-state index contributed by atoms with van der Waals surface area (Å²) in [6.07, 6.45) is 2.04. The van der Waals surface area contributed by atoms with Gasteiger partial charge in [0.05, 0.1) is 6.10 Å². The fourth-order valence-corrected chi connectivity index (χ4v) is 3.08. The predicted molar refractivity (Wildman–Crippen MR) is 97.4 cm³/mol. The zero-order valence-electron chi connectivity index (χ0n) is 14.4. The Morgan fingerprint density at radius 1 is 1.32 bits per heavy atom. The lowest BCUT2D eigenvalue weighted by atomic mass is 10.00. The average Bonchev–Trinajstić information content (AvgIpc) is 2.60. The van der Waals surface area contributed by atoms with E-state index in [4.69, 9.17) is 0 Å². The summed E-state index contributed by atoms with van der Waals surface area (Å²) in [4.78, 5) is 18.2. The summed E-state index contributed by atoms with van der Waals surface area (Å²) in [7, 11) is 0. The van der Waals surface area contributed by atoms with Crippen molar-refractivity contribution in [3.63, 3.8) is 0 Å². The number of rotatable bonds is 5. The van der Waals surface area contributed by atoms with Crippen LogP contribution in [-0.4, -0.2) is 46.8 Å². The average molecular weight is 340 g/mol. The fourth-order valence-electron chi connectivity index (χ4n) is 3.08. The molecule has 6 heteroatoms. The van der Waals surface area contributed by atoms with E-state index in [-0.39, 0.29) is 12.6 Å². The Bertz CT molecular complexity index is 735. The molecule has 1 aliphatic heterocycles. The predicted octanol–water partition coefficient (Wildman–Crippen LogP) is 1.93. The molecule has 1 atom stereocenters. The first-order valence-electron chi connectivity index (χ1n) is 8.55. The highest BCUT2D eigenvalue weighted by Crippen LogP contribution is 2.18. The Balaban J connectivity index is 1.42. The lowest BCUT2D eigenvalue weighted by molar-refractivity contribution is 0.106. The minimum atomic E-state index is -0.602. The number of pyridine rings is 1. The fraction of sp³-hybridized carbons (Fsp3) is 0.368. The molecule has 0 saturated heterocycles. The number of aliphatic hydroxyl groups is 1. The highest BCUT2D eigenvalue weighted by atomic mass is 16.3. The Hall–Kier alpha value is -2.44. The standard InChI is InChI=1S/C19H24N4O2/c1-14-10-17(6-8-20-14)22-19(25)21-11-18(24)13-23-9-7-15-4-2-3-5-16(15)12-23/h2-6,8,10,18,24H,7,9,11-13H2,1H3,(H2,20,21,22,25)/t18-/m1/s1. The maximum absolute atomic E-state index is 11.9. The normalized spacial score (nSPS) is 15.3. The molecule has 0 saturated carbocycles. The quantitative estimate of drug-likeness (QED) is 0.777. The smallest absolute Gasteiger partial charge is 0.319 e. The molecule has 0 fully saturated rings. The van der Waals surface area contributed by atoms with E-state index in [0.29, 0.717) is 12.2 Å². The molecule has 3 rings (SSSR count). The van der Waals surface area contributed by atoms with Crippen molar-refractivity contribution in [2.24, 2.45) is 0 Å². The third-order valence-corrected chi connectivity index (χ3v) is 4.33. The zero-order valence-corrected chi connectivity index (χ0v) is 14.4. The van der Waals surface area contributed by atoms with Crippen LogP contribution in [0.15, 0.2) is 42.6 Å². The van der Waals surface area contributed by atoms with Crippen LogP contribution in [0.1, 0.15) is 16.8 Å². The number of urea groups is 1. The molecule has 25 heavy (non-hydrogen) atoms. The summed E-state index contributed by atoms with van der Waals surface area (Å²) in [5.41, 5.74) is 4.23. The number of β-amino-alcohol motifs (C(OH)–C–C–N with tert-alkyl or cyclic N) is 1. The van der Waals surface area contributed by atoms with Gasteiger partial charge in [0.25, 0.3) is 0 Å². The number of nitrogens with zero attached hydrogens (tertiary/aromatic N) is 2. The molecule has 2 heterocycles. The number of aryl methyl sites for hydroxylation is 1. The van der Waals surface area contributed by atoms with Gasteiger partial charge in [-0.3, -0.25) is 9.88 Å². The van der Waals surface area contributed by atoms with E-state index < -0.39 is 6.10 Å². The highest BCUT2D eigenvalue weighted by Gasteiger charge is 2.18. The van der Waals surface area contributed by atoms with Crippen LogP contribution >= 0.6 is 0 Å². The largest absolute Gasteiger partial charge is 0.390 e. The zero-order chi connectivity index (χ0) is 17.6. The minimum absolute atomic E-state index is 0.216. The first kappa shape index (κ1) is 17.4. The first-order valence-corrected chi connectivity index (χ1v) is 8.55. The maximum atomic E-state index is 11.9. The lowest BCUT2D eigenvalue weighted by Gasteiger charge is -2.30. The molecule has 1 aliphatic rings. The monoisotopic (exact) mass is 340 g/mol. The van der Waals surface area contributed by atoms with E-state index in [2.05, 4.69) is 38.7 Å². The number of carbonyl (C=O) groups is 1. The molecular weight excluding hydrogens is 316 g/mol. The molecule has 0 bridgehead atoms. The number of hydrogen-bond donors (Lipinski definition) is 3. The van der Waals surface area contributed by atoms with Gasteiger partial charge in [-0.1, -0.05) is 24.3 Å². The second-order valence-electron chi connectivity index (χ2n) is 6.43. The van der Waals surface area contributed by atoms with E-state index in [9.17, 15) is 9.90 Å². The van der Waals surface area contributed by atoms with E-state index >= 15 is 0 Å². The first-order chi connectivity index (χ1) is 12.1. The van der Waals surface area contributed by atoms with Crippen molar-refractivity contribution in [3.8, 4) is 0 Å². The van der Waals surface area contributed by atoms with Crippen LogP contribution < -0.4 is 10.6 Å². The Kier molecular flexibility index (Phi) is 5.63. The number of hydrogen-bond acceptors (Lipinski definition) is 4. The summed E-state index contributed by atoms with van der Waals surface area (Å²) in [6.45, 7) is 4.40. The second kappa shape index (κ2) is 8.09. The molecule has 2 amide bonds. The van der Waals surface area contributed by atoms with Crippen LogP contribution in [0.3, 0.4) is 0 Å². The molecule has 0 aliphatic carbocycles. The van der Waals surface area contributed by atoms with Crippen molar-refractivity contribution in [1.82, 2.24) is 15.2 Å². The van der Waals surface area contributed by atoms with Crippen molar-refractivity contribution in [3.05, 3.63) is 59.4 Å². The highest BCUT2D eigenvalue weighted by molar-refractivity contribution is 5.89. The lowest BCUT2D eigenvalue weighted by Crippen LogP contribution is -2.42. The molecule has 0 spiro atoms. The molecule has 2 aromatic rings. The summed E-state index contributed by atoms with van der Waals surface area (Å²) < 4.78 is 0. The number of carbonyl (C=O) groups excluding carboxylic acids is 1. The van der Waals surface area contributed by atoms with Gasteiger partial charge in [-0.05, 0) is 36.6 Å². The number of aliphatic hydroxyl groups excluding tert-OH is 1. The molecule has 0 radical (unpaired) electrons. The molecule has 3 N–H and O–H groups in total. The molecular formula is C19H24N4O2. The number of fused-ring (bicyclic) bond motifs is 1. The number of anilines is 1. The maximum Gasteiger partial charge on any atom is 0.319 e. The van der Waals surface area contributed by atoms with Crippen LogP contribution in [0.5, 0.6) is 0 Å². The summed E-state index contributed by atoms with van der Waals surface area (Å²) in [6, 6.07) is 11.6. The van der Waals surface area contributed by atoms with Crippen molar-refractivity contribution in [2.75, 3.05) is 25.0 Å². The van der Waals surface area contributed by atoms with Crippen molar-refractivity contribution in [1.29, 1.82) is 0 Å². The molecule has 1 aromatic heterocycles. The molecule has 6 nitrogen and oxygen atoms in total. The number of amides is 2. The van der Waals surface area contributed by atoms with Crippen LogP contribution in [0.4, 0.5) is 10.5 Å². The van der Waals surface area contributed by atoms with Crippen LogP contribution in [0.2, 0.25) is 0 Å². The third-order valence-electron chi connectivity index (χ3n) is 4.33. The molecule has 1 aromatic carbocycles. The van der Waals surface area contributed by atoms with Crippen LogP contribution in [0.25, 0.3) is 0 Å². The molecule has 132 valence electrons. The molecule has 0 unspecified atom stereocenters. The van der Waals surface area contributed by atoms with Gasteiger partial charge in [-0.15, -0.1) is 0 Å². The van der Waals surface area contributed by atoms with Gasteiger partial charge in [0.15, 0.2) is 0 Å². The van der Waals surface area contributed by atoms with Crippen molar-refractivity contribution < 1.29 is 9.90 Å². The summed E-state index contributed by atoms with van der Waals surface area (Å²) in [5, 5.41) is 15.7. The second-order valence-corrected chi connectivity index (χ2v) is 6.43. The number of nitrogens with one attached hydrogen (secondary N) is 2. The topological polar surface area (TPSA) is 77.5 Å². The SMILES string of the molecule is Cc1cc(NC(=O)NC[C@@H](O)CN2CCc3ccccc3C2)ccn1. The van der Waals surface area contributed by atoms with Gasteiger partial charge in [0.1, 0.15) is 0 Å². The third kappa shape index (κ3) is 5.01. The van der Waals surface area contributed by atoms with Crippen molar-refractivity contribution >= 4 is 11.7 Å². The van der Waals surface area contributed by atoms with Gasteiger partial charge in [-0.2, -0.15) is 0 Å². The van der Waals surface area contributed by atoms with Crippen LogP contribution in [0, 0.1) is 6.92 Å². The number of benzene rings is 1. The Morgan fingerprint density at radius 3 is 2.92 bits per heavy atom. The summed E-state index contributed by atoms with van der Waals surface area (Å²) in [5.74, 6) is 0. The van der Waals surface area contributed by atoms with Gasteiger partial charge in [0, 0.05) is 43.8 Å². The van der Waals surface area contributed by atoms with Gasteiger partial charge in [0.2, 0.25) is 0 Å². The van der Waals surface area contributed by atoms with Gasteiger partial charge >= 0.3 is 6.03 Å². The summed E-state index contributed by atoms with van der Waals surface area (Å²) >= 11 is 0. The Labute approximate surface area is 147 Å². The van der Waals surface area contributed by atoms with E-state index in [1.807, 2.05) is 13.0 Å². The number of aromatic nitrogens is 1. The van der Waals surface area contributed by atoms with E-state index in [1.165, 1.54) is 11.1 Å². The van der Waals surface area contributed by atoms with Crippen LogP contribution in [-0.2, 0) is 13.0 Å². The van der Waals surface area contributed by atoms with E-state index in [1.54, 1.807) is 18.3 Å². The minimum Gasteiger partial charge on any atom is -0.390 e. The van der Waals surface area contributed by atoms with Crippen molar-refractivity contribution in [2.45, 2.75) is 26.0 Å².